The predicted octanol–water partition coefficient (Wildman–Crippen LogP) is 2.27. The Labute approximate surface area is 100.0 Å². The third kappa shape index (κ3) is 4.10. The Morgan fingerprint density at radius 3 is 2.18 bits per heavy atom. The topological polar surface area (TPSA) is 66.4 Å². The van der Waals surface area contributed by atoms with Crippen LogP contribution in [0.4, 0.5) is 5.69 Å². The molecule has 4 heteroatoms. The number of carbonyl (C=O) groups is 2. The SMILES string of the molecule is C/C(=C\C(=O)Nc1cc(C)cc(C)c1)C(=O)O. The van der Waals surface area contributed by atoms with E-state index in [0.29, 0.717) is 5.69 Å². The van der Waals surface area contributed by atoms with E-state index < -0.39 is 11.9 Å². The van der Waals surface area contributed by atoms with Crippen molar-refractivity contribution in [3.05, 3.63) is 41.0 Å². The van der Waals surface area contributed by atoms with E-state index in [9.17, 15) is 9.59 Å². The van der Waals surface area contributed by atoms with Crippen molar-refractivity contribution in [2.24, 2.45) is 0 Å². The molecular formula is C13H15NO3. The number of hydrogen-bond donors (Lipinski definition) is 2. The number of anilines is 1. The number of hydrogen-bond acceptors (Lipinski definition) is 2. The molecule has 1 aromatic rings. The Hall–Kier alpha value is -2.10. The number of carboxylic acids is 1. The molecule has 0 aliphatic heterocycles. The number of amides is 1. The number of aryl methyl sites for hydroxylation is 2. The van der Waals surface area contributed by atoms with Crippen molar-refractivity contribution in [1.29, 1.82) is 0 Å². The van der Waals surface area contributed by atoms with E-state index in [2.05, 4.69) is 5.32 Å². The molecule has 0 radical (unpaired) electrons. The molecular weight excluding hydrogens is 218 g/mol. The van der Waals surface area contributed by atoms with Crippen LogP contribution in [0.2, 0.25) is 0 Å². The van der Waals surface area contributed by atoms with Crippen molar-refractivity contribution in [2.75, 3.05) is 5.32 Å². The third-order valence-electron chi connectivity index (χ3n) is 2.17. The second-order valence-corrected chi connectivity index (χ2v) is 4.00. The fourth-order valence-electron chi connectivity index (χ4n) is 1.48. The molecule has 0 aliphatic rings. The summed E-state index contributed by atoms with van der Waals surface area (Å²) < 4.78 is 0. The number of carboxylic acid groups (broad SMARTS) is 1. The van der Waals surface area contributed by atoms with Gasteiger partial charge in [-0.05, 0) is 44.0 Å². The van der Waals surface area contributed by atoms with Crippen molar-refractivity contribution in [3.63, 3.8) is 0 Å². The van der Waals surface area contributed by atoms with E-state index in [1.54, 1.807) is 0 Å². The first kappa shape index (κ1) is 13.0. The largest absolute Gasteiger partial charge is 0.478 e. The second kappa shape index (κ2) is 5.30. The Morgan fingerprint density at radius 1 is 1.18 bits per heavy atom. The van der Waals surface area contributed by atoms with Gasteiger partial charge >= 0.3 is 5.97 Å². The van der Waals surface area contributed by atoms with E-state index in [0.717, 1.165) is 17.2 Å². The summed E-state index contributed by atoms with van der Waals surface area (Å²) in [6, 6.07) is 5.65. The molecule has 0 aliphatic carbocycles. The molecule has 0 unspecified atom stereocenters. The molecule has 0 heterocycles. The highest BCUT2D eigenvalue weighted by atomic mass is 16.4. The molecule has 1 amide bonds. The highest BCUT2D eigenvalue weighted by Crippen LogP contribution is 2.13. The van der Waals surface area contributed by atoms with E-state index in [1.165, 1.54) is 6.92 Å². The van der Waals surface area contributed by atoms with Crippen molar-refractivity contribution >= 4 is 17.6 Å². The normalized spacial score (nSPS) is 11.1. The van der Waals surface area contributed by atoms with E-state index in [1.807, 2.05) is 32.0 Å². The monoisotopic (exact) mass is 233 g/mol. The number of nitrogens with one attached hydrogen (secondary N) is 1. The smallest absolute Gasteiger partial charge is 0.331 e. The molecule has 0 saturated carbocycles. The van der Waals surface area contributed by atoms with Gasteiger partial charge in [0.1, 0.15) is 0 Å². The molecule has 0 saturated heterocycles. The number of benzene rings is 1. The average Bonchev–Trinajstić information content (AvgIpc) is 2.14. The molecule has 0 spiro atoms. The summed E-state index contributed by atoms with van der Waals surface area (Å²) in [4.78, 5) is 22.0. The predicted molar refractivity (Wildman–Crippen MR) is 65.9 cm³/mol. The van der Waals surface area contributed by atoms with Gasteiger partial charge in [0.15, 0.2) is 0 Å². The van der Waals surface area contributed by atoms with Crippen LogP contribution in [-0.2, 0) is 9.59 Å². The summed E-state index contributed by atoms with van der Waals surface area (Å²) in [7, 11) is 0. The van der Waals surface area contributed by atoms with Crippen LogP contribution >= 0.6 is 0 Å². The van der Waals surface area contributed by atoms with Gasteiger partial charge in [-0.15, -0.1) is 0 Å². The molecule has 17 heavy (non-hydrogen) atoms. The molecule has 0 fully saturated rings. The second-order valence-electron chi connectivity index (χ2n) is 4.00. The van der Waals surface area contributed by atoms with E-state index in [4.69, 9.17) is 5.11 Å². The summed E-state index contributed by atoms with van der Waals surface area (Å²) in [5, 5.41) is 11.3. The first-order chi connectivity index (χ1) is 7.88. The zero-order valence-electron chi connectivity index (χ0n) is 10.1. The molecule has 1 aromatic carbocycles. The van der Waals surface area contributed by atoms with Crippen LogP contribution in [0.15, 0.2) is 29.8 Å². The molecule has 1 rings (SSSR count). The van der Waals surface area contributed by atoms with Gasteiger partial charge in [-0.3, -0.25) is 4.79 Å². The maximum absolute atomic E-state index is 11.5. The van der Waals surface area contributed by atoms with Crippen LogP contribution < -0.4 is 5.32 Å². The lowest BCUT2D eigenvalue weighted by atomic mass is 10.1. The van der Waals surface area contributed by atoms with E-state index in [-0.39, 0.29) is 5.57 Å². The fraction of sp³-hybridized carbons (Fsp3) is 0.231. The third-order valence-corrected chi connectivity index (χ3v) is 2.17. The summed E-state index contributed by atoms with van der Waals surface area (Å²) in [6.07, 6.45) is 1.07. The Morgan fingerprint density at radius 2 is 1.71 bits per heavy atom. The van der Waals surface area contributed by atoms with Crippen molar-refractivity contribution in [2.45, 2.75) is 20.8 Å². The van der Waals surface area contributed by atoms with Gasteiger partial charge in [0.25, 0.3) is 0 Å². The average molecular weight is 233 g/mol. The van der Waals surface area contributed by atoms with Crippen molar-refractivity contribution < 1.29 is 14.7 Å². The van der Waals surface area contributed by atoms with Crippen molar-refractivity contribution in [3.8, 4) is 0 Å². The van der Waals surface area contributed by atoms with Gasteiger partial charge in [-0.2, -0.15) is 0 Å². The zero-order valence-corrected chi connectivity index (χ0v) is 10.1. The number of carbonyl (C=O) groups excluding carboxylic acids is 1. The van der Waals surface area contributed by atoms with Gasteiger partial charge in [0.05, 0.1) is 0 Å². The van der Waals surface area contributed by atoms with E-state index >= 15 is 0 Å². The summed E-state index contributed by atoms with van der Waals surface area (Å²) in [6.45, 7) is 5.24. The Balaban J connectivity index is 2.81. The minimum atomic E-state index is -1.10. The molecule has 90 valence electrons. The number of aliphatic carboxylic acids is 1. The van der Waals surface area contributed by atoms with Crippen LogP contribution in [0.3, 0.4) is 0 Å². The van der Waals surface area contributed by atoms with Crippen LogP contribution in [0.1, 0.15) is 18.1 Å². The highest BCUT2D eigenvalue weighted by Gasteiger charge is 2.05. The molecule has 0 bridgehead atoms. The standard InChI is InChI=1S/C13H15NO3/c1-8-4-9(2)6-11(5-8)14-12(15)7-10(3)13(16)17/h4-7H,1-3H3,(H,14,15)(H,16,17)/b10-7+. The van der Waals surface area contributed by atoms with Gasteiger partial charge in [-0.25, -0.2) is 4.79 Å². The Kier molecular flexibility index (Phi) is 4.04. The minimum Gasteiger partial charge on any atom is -0.478 e. The molecule has 0 atom stereocenters. The summed E-state index contributed by atoms with van der Waals surface area (Å²) in [5.74, 6) is -1.53. The lowest BCUT2D eigenvalue weighted by Gasteiger charge is -2.05. The van der Waals surface area contributed by atoms with Gasteiger partial charge in [0, 0.05) is 17.3 Å². The molecule has 2 N–H and O–H groups in total. The van der Waals surface area contributed by atoms with Gasteiger partial charge < -0.3 is 10.4 Å². The van der Waals surface area contributed by atoms with Crippen LogP contribution in [0.5, 0.6) is 0 Å². The molecule has 4 nitrogen and oxygen atoms in total. The first-order valence-corrected chi connectivity index (χ1v) is 5.19. The summed E-state index contributed by atoms with van der Waals surface area (Å²) >= 11 is 0. The van der Waals surface area contributed by atoms with Crippen LogP contribution in [-0.4, -0.2) is 17.0 Å². The van der Waals surface area contributed by atoms with Crippen LogP contribution in [0.25, 0.3) is 0 Å². The highest BCUT2D eigenvalue weighted by molar-refractivity contribution is 6.04. The maximum atomic E-state index is 11.5. The van der Waals surface area contributed by atoms with Crippen molar-refractivity contribution in [1.82, 2.24) is 0 Å². The maximum Gasteiger partial charge on any atom is 0.331 e. The number of rotatable bonds is 3. The zero-order chi connectivity index (χ0) is 13.0. The lowest BCUT2D eigenvalue weighted by molar-refractivity contribution is -0.132. The molecule has 0 aromatic heterocycles. The lowest BCUT2D eigenvalue weighted by Crippen LogP contribution is -2.11. The van der Waals surface area contributed by atoms with Gasteiger partial charge in [-0.1, -0.05) is 6.07 Å². The summed E-state index contributed by atoms with van der Waals surface area (Å²) in [5.41, 5.74) is 2.76. The minimum absolute atomic E-state index is 0.00637. The fourth-order valence-corrected chi connectivity index (χ4v) is 1.48. The quantitative estimate of drug-likeness (QED) is 0.787. The van der Waals surface area contributed by atoms with Gasteiger partial charge in [0.2, 0.25) is 5.91 Å². The Bertz CT molecular complexity index is 469. The first-order valence-electron chi connectivity index (χ1n) is 5.19. The van der Waals surface area contributed by atoms with Crippen LogP contribution in [0, 0.1) is 13.8 Å².